The van der Waals surface area contributed by atoms with Gasteiger partial charge in [0, 0.05) is 105 Å². The van der Waals surface area contributed by atoms with Crippen molar-refractivity contribution < 1.29 is 0 Å². The van der Waals surface area contributed by atoms with Crippen molar-refractivity contribution in [2.24, 2.45) is 0 Å². The summed E-state index contributed by atoms with van der Waals surface area (Å²) >= 11 is 0. The summed E-state index contributed by atoms with van der Waals surface area (Å²) < 4.78 is 7.61. The molecule has 2 aliphatic heterocycles. The second kappa shape index (κ2) is 26.7. The number of fused-ring (bicyclic) bond motifs is 19. The van der Waals surface area contributed by atoms with Crippen LogP contribution in [0.1, 0.15) is 105 Å². The Bertz CT molecular complexity index is 8000. The van der Waals surface area contributed by atoms with Gasteiger partial charge in [0.2, 0.25) is 0 Å². The lowest BCUT2D eigenvalue weighted by atomic mass is 9.33. The first-order chi connectivity index (χ1) is 60.1. The number of hydrogen-bond acceptors (Lipinski definition) is 2. The first kappa shape index (κ1) is 73.7. The van der Waals surface area contributed by atoms with Crippen molar-refractivity contribution >= 4 is 155 Å². The summed E-state index contributed by atoms with van der Waals surface area (Å²) in [6, 6.07) is 137. The molecule has 22 aromatic rings. The molecular formula is C118H94BN5. The predicted octanol–water partition coefficient (Wildman–Crippen LogP) is 30.4. The Hall–Kier alpha value is -14.2. The molecule has 24 rings (SSSR count). The first-order valence-electron chi connectivity index (χ1n) is 44.1. The van der Waals surface area contributed by atoms with E-state index in [0.717, 1.165) is 107 Å². The minimum atomic E-state index is -0.307. The van der Waals surface area contributed by atoms with Crippen LogP contribution in [-0.4, -0.2) is 20.1 Å². The highest BCUT2D eigenvalue weighted by atomic mass is 15.2. The van der Waals surface area contributed by atoms with Crippen LogP contribution in [0.15, 0.2) is 352 Å². The van der Waals surface area contributed by atoms with Crippen LogP contribution in [-0.2, 0) is 21.7 Å². The lowest BCUT2D eigenvalue weighted by Crippen LogP contribution is -2.61. The minimum Gasteiger partial charge on any atom is -0.310 e. The molecular weight excluding hydrogens is 1500 g/mol. The van der Waals surface area contributed by atoms with Crippen molar-refractivity contribution in [1.82, 2.24) is 13.4 Å². The van der Waals surface area contributed by atoms with Crippen LogP contribution in [0.4, 0.5) is 34.1 Å². The molecule has 2 aliphatic rings. The van der Waals surface area contributed by atoms with Crippen LogP contribution in [0.2, 0.25) is 0 Å². The van der Waals surface area contributed by atoms with Crippen LogP contribution >= 0.6 is 0 Å². The lowest BCUT2D eigenvalue weighted by Gasteiger charge is -2.46. The van der Waals surface area contributed by atoms with Gasteiger partial charge >= 0.3 is 0 Å². The van der Waals surface area contributed by atoms with Crippen LogP contribution in [0.25, 0.3) is 170 Å². The first-order valence-corrected chi connectivity index (χ1v) is 44.1. The highest BCUT2D eigenvalue weighted by Gasteiger charge is 2.47. The van der Waals surface area contributed by atoms with Gasteiger partial charge in [0.05, 0.1) is 55.5 Å². The lowest BCUT2D eigenvalue weighted by molar-refractivity contribution is 0.590. The summed E-state index contributed by atoms with van der Waals surface area (Å²) in [5, 5.41) is 12.6. The van der Waals surface area contributed by atoms with Crippen molar-refractivity contribution in [3.63, 3.8) is 0 Å². The van der Waals surface area contributed by atoms with Crippen molar-refractivity contribution in [2.75, 3.05) is 9.80 Å². The largest absolute Gasteiger partial charge is 0.310 e. The fraction of sp³-hybridized carbons (Fsp3) is 0.136. The van der Waals surface area contributed by atoms with Crippen LogP contribution in [0, 0.1) is 0 Å². The number of para-hydroxylation sites is 4. The fourth-order valence-electron chi connectivity index (χ4n) is 21.4. The van der Waals surface area contributed by atoms with Gasteiger partial charge in [-0.2, -0.15) is 0 Å². The van der Waals surface area contributed by atoms with E-state index in [9.17, 15) is 0 Å². The molecule has 124 heavy (non-hydrogen) atoms. The van der Waals surface area contributed by atoms with Gasteiger partial charge in [-0.3, -0.25) is 0 Å². The van der Waals surface area contributed by atoms with E-state index in [4.69, 9.17) is 0 Å². The van der Waals surface area contributed by atoms with E-state index in [1.165, 1.54) is 137 Å². The average molecular weight is 1590 g/mol. The molecule has 6 heteroatoms. The van der Waals surface area contributed by atoms with Gasteiger partial charge in [-0.1, -0.05) is 320 Å². The Morgan fingerprint density at radius 1 is 0.210 bits per heavy atom. The normalized spacial score (nSPS) is 13.3. The van der Waals surface area contributed by atoms with Gasteiger partial charge in [-0.05, 0) is 220 Å². The zero-order chi connectivity index (χ0) is 83.9. The summed E-state index contributed by atoms with van der Waals surface area (Å²) in [6.45, 7) is 28.0. The molecule has 0 N–H and O–H groups in total. The summed E-state index contributed by atoms with van der Waals surface area (Å²) in [7, 11) is 0. The Kier molecular flexibility index (Phi) is 15.8. The third-order valence-electron chi connectivity index (χ3n) is 27.7. The molecule has 0 amide bonds. The zero-order valence-corrected chi connectivity index (χ0v) is 72.3. The third kappa shape index (κ3) is 11.0. The quantitative estimate of drug-likeness (QED) is 0.134. The number of anilines is 6. The van der Waals surface area contributed by atoms with Crippen LogP contribution in [0.5, 0.6) is 0 Å². The van der Waals surface area contributed by atoms with Gasteiger partial charge in [-0.15, -0.1) is 0 Å². The molecule has 5 nitrogen and oxygen atoms in total. The van der Waals surface area contributed by atoms with E-state index < -0.39 is 0 Å². The molecule has 0 aliphatic carbocycles. The molecule has 0 radical (unpaired) electrons. The molecule has 0 atom stereocenters. The highest BCUT2D eigenvalue weighted by molar-refractivity contribution is 7.00. The predicted molar refractivity (Wildman–Crippen MR) is 532 cm³/mol. The molecule has 5 aromatic heterocycles. The van der Waals surface area contributed by atoms with Crippen LogP contribution in [0.3, 0.4) is 0 Å². The van der Waals surface area contributed by atoms with E-state index >= 15 is 0 Å². The highest BCUT2D eigenvalue weighted by Crippen LogP contribution is 2.57. The number of nitrogens with zero attached hydrogens (tertiary/aromatic N) is 5. The molecule has 7 heterocycles. The molecule has 0 fully saturated rings. The monoisotopic (exact) mass is 1590 g/mol. The molecule has 0 saturated heterocycles. The van der Waals surface area contributed by atoms with Gasteiger partial charge in [-0.25, -0.2) is 0 Å². The van der Waals surface area contributed by atoms with Crippen molar-refractivity contribution in [3.8, 4) is 72.4 Å². The third-order valence-corrected chi connectivity index (χ3v) is 27.7. The maximum Gasteiger partial charge on any atom is 0.252 e. The average Bonchev–Trinajstić information content (AvgIpc) is 1.02. The van der Waals surface area contributed by atoms with Gasteiger partial charge in [0.25, 0.3) is 6.71 Å². The summed E-state index contributed by atoms with van der Waals surface area (Å²) in [5.74, 6) is 0. The summed E-state index contributed by atoms with van der Waals surface area (Å²) in [4.78, 5) is 5.53. The maximum absolute atomic E-state index is 2.77. The standard InChI is InChI=1S/C118H94BN5/c1-115(2,3)79-50-57-102-96(64-79)97-65-80(116(4,5)6)51-58-103(97)120(102)83-52-54-99-107(70-83)124(114-92(73-35-21-15-22-36-73)68-82(118(10,11)12)69-93(114)74-37-23-16-24-38-74)109-63-78(76-49-56-105-95(60-76)89-44-30-42-87-85-40-26-28-46-101(85)122(105)112(87)89)62-108-110(109)119(99)98-53-47-77(75-48-55-104-94(59-75)88-43-29-41-86-84-39-25-27-45-100(84)121(104)111(86)88)61-106(98)123(108)113-90(71-31-17-13-18-32-71)66-81(117(7,8)9)67-91(113)72-33-19-14-20-34-72/h13-70H,1-12H3. The van der Waals surface area contributed by atoms with Gasteiger partial charge in [0.1, 0.15) is 0 Å². The smallest absolute Gasteiger partial charge is 0.252 e. The van der Waals surface area contributed by atoms with Crippen molar-refractivity contribution in [3.05, 3.63) is 374 Å². The summed E-state index contributed by atoms with van der Waals surface area (Å²) in [6.07, 6.45) is 0. The Morgan fingerprint density at radius 2 is 0.524 bits per heavy atom. The molecule has 0 saturated carbocycles. The molecule has 0 unspecified atom stereocenters. The Balaban J connectivity index is 0.876. The van der Waals surface area contributed by atoms with E-state index in [2.05, 4.69) is 458 Å². The summed E-state index contributed by atoms with van der Waals surface area (Å²) in [5.41, 5.74) is 39.4. The van der Waals surface area contributed by atoms with E-state index in [1.54, 1.807) is 0 Å². The van der Waals surface area contributed by atoms with Crippen molar-refractivity contribution in [2.45, 2.75) is 105 Å². The number of aromatic nitrogens is 3. The topological polar surface area (TPSA) is 20.2 Å². The second-order valence-corrected chi connectivity index (χ2v) is 39.2. The van der Waals surface area contributed by atoms with Crippen LogP contribution < -0.4 is 26.2 Å². The molecule has 0 spiro atoms. The van der Waals surface area contributed by atoms with E-state index in [-0.39, 0.29) is 28.4 Å². The number of benzene rings is 17. The number of rotatable bonds is 9. The van der Waals surface area contributed by atoms with E-state index in [1.807, 2.05) is 0 Å². The molecule has 17 aromatic carbocycles. The zero-order valence-electron chi connectivity index (χ0n) is 72.3. The van der Waals surface area contributed by atoms with Crippen molar-refractivity contribution in [1.29, 1.82) is 0 Å². The Morgan fingerprint density at radius 3 is 0.935 bits per heavy atom. The van der Waals surface area contributed by atoms with Gasteiger partial charge in [0.15, 0.2) is 0 Å². The SMILES string of the molecule is CC(C)(C)c1cc(-c2ccccc2)c(N2c3cc(-c4ccc5c(c4)c4cccc6c7ccccc7n5c64)ccc3B3c4ccc(-n5c6ccc(C(C)(C)C)cc6c6cc(C(C)(C)C)ccc65)cc4N(c4c(-c5ccccc5)cc(C(C)(C)C)cc4-c4ccccc4)c4cc(-c5ccc6c(c5)c5cccc7c8ccccc8n6c75)cc2c43)c(-c2ccccc2)c1. The molecule has 0 bridgehead atoms. The maximum atomic E-state index is 2.77. The number of hydrogen-bond donors (Lipinski definition) is 0. The second-order valence-electron chi connectivity index (χ2n) is 39.2. The van der Waals surface area contributed by atoms with E-state index in [0.29, 0.717) is 0 Å². The molecule has 594 valence electrons. The van der Waals surface area contributed by atoms with Gasteiger partial charge < -0.3 is 23.2 Å². The fourth-order valence-corrected chi connectivity index (χ4v) is 21.4. The minimum absolute atomic E-state index is 0.0836. The Labute approximate surface area is 724 Å².